The average molecular weight is 565 g/mol. The van der Waals surface area contributed by atoms with Crippen LogP contribution in [0.1, 0.15) is 39.3 Å². The van der Waals surface area contributed by atoms with E-state index >= 15 is 0 Å². The highest BCUT2D eigenvalue weighted by atomic mass is 16.6. The van der Waals surface area contributed by atoms with Crippen LogP contribution in [0.5, 0.6) is 0 Å². The first-order valence-electron chi connectivity index (χ1n) is 13.2. The Morgan fingerprint density at radius 1 is 0.775 bits per heavy atom. The Hall–Kier alpha value is -3.04. The average Bonchev–Trinajstić information content (AvgIpc) is 2.94. The van der Waals surface area contributed by atoms with E-state index in [0.29, 0.717) is 77.1 Å². The number of aliphatic hydroxyl groups is 2. The van der Waals surface area contributed by atoms with E-state index in [9.17, 15) is 19.8 Å². The molecule has 0 spiro atoms. The molecule has 0 aliphatic carbocycles. The number of ether oxygens (including phenoxy) is 3. The van der Waals surface area contributed by atoms with Crippen LogP contribution in [0.4, 0.5) is 0 Å². The molecule has 13 nitrogen and oxygen atoms in total. The molecule has 2 heterocycles. The van der Waals surface area contributed by atoms with E-state index in [0.717, 1.165) is 0 Å². The first-order chi connectivity index (χ1) is 19.4. The third-order valence-electron chi connectivity index (χ3n) is 5.78. The van der Waals surface area contributed by atoms with Gasteiger partial charge < -0.3 is 34.6 Å². The number of nitrogens with zero attached hydrogens (tertiary/aromatic N) is 4. The van der Waals surface area contributed by atoms with Gasteiger partial charge in [0.2, 0.25) is 0 Å². The van der Waals surface area contributed by atoms with Gasteiger partial charge in [0.1, 0.15) is 17.5 Å². The lowest BCUT2D eigenvalue weighted by Crippen LogP contribution is -2.35. The van der Waals surface area contributed by atoms with Crippen molar-refractivity contribution in [2.75, 3.05) is 72.4 Å². The van der Waals surface area contributed by atoms with Gasteiger partial charge in [-0.1, -0.05) is 12.1 Å². The largest absolute Gasteiger partial charge is 0.477 e. The van der Waals surface area contributed by atoms with E-state index in [1.54, 1.807) is 24.3 Å². The third kappa shape index (κ3) is 12.9. The summed E-state index contributed by atoms with van der Waals surface area (Å²) in [5.74, 6) is -2.19. The van der Waals surface area contributed by atoms with Crippen molar-refractivity contribution in [3.63, 3.8) is 0 Å². The summed E-state index contributed by atoms with van der Waals surface area (Å²) in [6, 6.07) is 9.62. The van der Waals surface area contributed by atoms with E-state index in [1.165, 1.54) is 12.1 Å². The van der Waals surface area contributed by atoms with Crippen molar-refractivity contribution in [3.8, 4) is 0 Å². The summed E-state index contributed by atoms with van der Waals surface area (Å²) in [4.78, 5) is 34.5. The number of rotatable bonds is 22. The Balaban J connectivity index is 1.83. The lowest BCUT2D eigenvalue weighted by molar-refractivity contribution is -0.0651. The minimum atomic E-state index is -1.10. The molecule has 0 fully saturated rings. The molecule has 0 aliphatic rings. The van der Waals surface area contributed by atoms with Gasteiger partial charge >= 0.3 is 11.9 Å². The molecule has 2 aromatic rings. The van der Waals surface area contributed by atoms with Crippen molar-refractivity contribution in [3.05, 3.63) is 59.2 Å². The number of carboxylic acid groups (broad SMARTS) is 2. The molecule has 2 aromatic heterocycles. The Labute approximate surface area is 233 Å². The maximum absolute atomic E-state index is 11.2. The van der Waals surface area contributed by atoms with Crippen LogP contribution in [0.3, 0.4) is 0 Å². The lowest BCUT2D eigenvalue weighted by atomic mass is 10.3. The normalized spacial score (nSPS) is 12.2. The molecule has 4 N–H and O–H groups in total. The van der Waals surface area contributed by atoms with Gasteiger partial charge in [-0.05, 0) is 31.2 Å². The Bertz CT molecular complexity index is 1030. The van der Waals surface area contributed by atoms with Gasteiger partial charge in [-0.3, -0.25) is 9.80 Å². The number of aromatic carboxylic acids is 2. The second-order valence-corrected chi connectivity index (χ2v) is 8.87. The predicted octanol–water partition coefficient (Wildman–Crippen LogP) is 0.600. The van der Waals surface area contributed by atoms with Crippen LogP contribution in [0.15, 0.2) is 36.4 Å². The molecule has 0 saturated carbocycles. The van der Waals surface area contributed by atoms with E-state index in [1.807, 2.05) is 16.7 Å². The van der Waals surface area contributed by atoms with Crippen molar-refractivity contribution in [1.82, 2.24) is 19.8 Å². The fourth-order valence-corrected chi connectivity index (χ4v) is 3.80. The number of carbonyl (C=O) groups is 2. The number of aromatic nitrogens is 2. The quantitative estimate of drug-likeness (QED) is 0.146. The highest BCUT2D eigenvalue weighted by Crippen LogP contribution is 2.07. The smallest absolute Gasteiger partial charge is 0.354 e. The molecule has 2 rings (SSSR count). The first-order valence-corrected chi connectivity index (χ1v) is 13.2. The number of hydrogen-bond donors (Lipinski definition) is 4. The summed E-state index contributed by atoms with van der Waals surface area (Å²) in [5, 5.41) is 37.2. The van der Waals surface area contributed by atoms with E-state index in [-0.39, 0.29) is 37.3 Å². The maximum atomic E-state index is 11.2. The van der Waals surface area contributed by atoms with Gasteiger partial charge in [0.15, 0.2) is 0 Å². The fraction of sp³-hybridized carbons (Fsp3) is 0.556. The van der Waals surface area contributed by atoms with Gasteiger partial charge in [-0.15, -0.1) is 0 Å². The summed E-state index contributed by atoms with van der Waals surface area (Å²) in [5.41, 5.74) is 1.11. The van der Waals surface area contributed by atoms with Crippen molar-refractivity contribution in [2.45, 2.75) is 26.1 Å². The van der Waals surface area contributed by atoms with Crippen LogP contribution in [0.2, 0.25) is 0 Å². The van der Waals surface area contributed by atoms with Crippen molar-refractivity contribution < 1.29 is 44.2 Å². The Kier molecular flexibility index (Phi) is 15.8. The maximum Gasteiger partial charge on any atom is 0.354 e. The van der Waals surface area contributed by atoms with Crippen LogP contribution in [-0.2, 0) is 27.3 Å². The van der Waals surface area contributed by atoms with Crippen molar-refractivity contribution >= 4 is 11.9 Å². The SMILES string of the molecule is CCOC[C@H](COCCN(CCO)Cc1cccc(C(=O)O)n1)OCCN(CCO)Cc1cccc(C(=O)O)n1. The molecule has 1 atom stereocenters. The van der Waals surface area contributed by atoms with Crippen LogP contribution < -0.4 is 0 Å². The van der Waals surface area contributed by atoms with Gasteiger partial charge in [0.25, 0.3) is 0 Å². The van der Waals surface area contributed by atoms with E-state index < -0.39 is 11.9 Å². The lowest BCUT2D eigenvalue weighted by Gasteiger charge is -2.24. The van der Waals surface area contributed by atoms with E-state index in [2.05, 4.69) is 9.97 Å². The molecule has 0 aromatic carbocycles. The highest BCUT2D eigenvalue weighted by Gasteiger charge is 2.15. The zero-order valence-electron chi connectivity index (χ0n) is 22.9. The molecular weight excluding hydrogens is 524 g/mol. The predicted molar refractivity (Wildman–Crippen MR) is 144 cm³/mol. The molecule has 0 amide bonds. The zero-order valence-corrected chi connectivity index (χ0v) is 22.9. The minimum absolute atomic E-state index is 0.0313. The Morgan fingerprint density at radius 2 is 1.27 bits per heavy atom. The van der Waals surface area contributed by atoms with Crippen LogP contribution in [0.25, 0.3) is 0 Å². The first kappa shape index (κ1) is 33.2. The topological polar surface area (TPSA) is 175 Å². The molecule has 40 heavy (non-hydrogen) atoms. The molecule has 0 bridgehead atoms. The van der Waals surface area contributed by atoms with Gasteiger partial charge in [0, 0.05) is 45.9 Å². The van der Waals surface area contributed by atoms with Crippen LogP contribution in [0, 0.1) is 0 Å². The monoisotopic (exact) mass is 564 g/mol. The van der Waals surface area contributed by atoms with Crippen molar-refractivity contribution in [2.24, 2.45) is 0 Å². The zero-order chi connectivity index (χ0) is 29.2. The summed E-state index contributed by atoms with van der Waals surface area (Å²) in [6.07, 6.45) is -0.329. The molecular formula is C27H40N4O9. The summed E-state index contributed by atoms with van der Waals surface area (Å²) >= 11 is 0. The molecule has 222 valence electrons. The second kappa shape index (κ2) is 19.1. The molecule has 0 radical (unpaired) electrons. The fourth-order valence-electron chi connectivity index (χ4n) is 3.80. The number of hydrogen-bond acceptors (Lipinski definition) is 11. The summed E-state index contributed by atoms with van der Waals surface area (Å²) in [6.45, 7) is 6.06. The number of aliphatic hydroxyl groups excluding tert-OH is 2. The Morgan fingerprint density at radius 3 is 1.75 bits per heavy atom. The third-order valence-corrected chi connectivity index (χ3v) is 5.78. The molecule has 0 unspecified atom stereocenters. The molecule has 13 heteroatoms. The summed E-state index contributed by atoms with van der Waals surface area (Å²) < 4.78 is 17.4. The number of pyridine rings is 2. The van der Waals surface area contributed by atoms with Gasteiger partial charge in [0.05, 0.1) is 51.0 Å². The standard InChI is InChI=1S/C27H40N4O9/c1-2-38-19-23(40-16-12-31(10-14-33)18-22-6-4-8-25(29-22)27(36)37)20-39-15-11-30(9-13-32)17-21-5-3-7-24(28-21)26(34)35/h3-8,23,32-33H,2,9-20H2,1H3,(H,34,35)(H,36,37)/t23-/m1/s1. The molecule has 0 aliphatic heterocycles. The summed E-state index contributed by atoms with van der Waals surface area (Å²) in [7, 11) is 0. The van der Waals surface area contributed by atoms with Gasteiger partial charge in [-0.2, -0.15) is 0 Å². The van der Waals surface area contributed by atoms with Crippen LogP contribution in [-0.4, -0.2) is 131 Å². The minimum Gasteiger partial charge on any atom is -0.477 e. The molecule has 0 saturated heterocycles. The second-order valence-electron chi connectivity index (χ2n) is 8.87. The van der Waals surface area contributed by atoms with Gasteiger partial charge in [-0.25, -0.2) is 19.6 Å². The van der Waals surface area contributed by atoms with Crippen LogP contribution >= 0.6 is 0 Å². The van der Waals surface area contributed by atoms with Crippen molar-refractivity contribution in [1.29, 1.82) is 0 Å². The van der Waals surface area contributed by atoms with E-state index in [4.69, 9.17) is 24.4 Å². The highest BCUT2D eigenvalue weighted by molar-refractivity contribution is 5.85. The number of carboxylic acids is 2.